The number of aryl methyl sites for hydroxylation is 1. The van der Waals surface area contributed by atoms with Crippen LogP contribution in [0.2, 0.25) is 0 Å². The van der Waals surface area contributed by atoms with Crippen LogP contribution in [-0.2, 0) is 10.0 Å². The van der Waals surface area contributed by atoms with E-state index in [1.165, 1.54) is 21.2 Å². The van der Waals surface area contributed by atoms with Gasteiger partial charge in [0.2, 0.25) is 10.0 Å². The van der Waals surface area contributed by atoms with Gasteiger partial charge in [-0.2, -0.15) is 4.31 Å². The molecule has 0 aliphatic carbocycles. The molecule has 174 valence electrons. The Bertz CT molecular complexity index is 1440. The van der Waals surface area contributed by atoms with Gasteiger partial charge < -0.3 is 4.74 Å². The van der Waals surface area contributed by atoms with Crippen LogP contribution in [0.1, 0.15) is 35.2 Å². The lowest BCUT2D eigenvalue weighted by Gasteiger charge is -2.25. The normalized spacial score (nSPS) is 14.9. The van der Waals surface area contributed by atoms with Gasteiger partial charge in [0.15, 0.2) is 5.75 Å². The predicted octanol–water partition coefficient (Wildman–Crippen LogP) is 4.12. The van der Waals surface area contributed by atoms with E-state index in [4.69, 9.17) is 4.74 Å². The molecule has 2 heterocycles. The number of piperidine rings is 1. The second-order valence-corrected chi connectivity index (χ2v) is 10.3. The molecule has 34 heavy (non-hydrogen) atoms. The average molecular weight is 477 g/mol. The van der Waals surface area contributed by atoms with Crippen molar-refractivity contribution in [2.45, 2.75) is 31.1 Å². The van der Waals surface area contributed by atoms with E-state index in [9.17, 15) is 13.2 Å². The van der Waals surface area contributed by atoms with E-state index < -0.39 is 16.0 Å². The molecule has 1 saturated heterocycles. The molecule has 0 atom stereocenters. The zero-order chi connectivity index (χ0) is 23.7. The largest absolute Gasteiger partial charge is 0.421 e. The van der Waals surface area contributed by atoms with Gasteiger partial charge >= 0.3 is 5.97 Å². The molecule has 0 saturated carbocycles. The van der Waals surface area contributed by atoms with E-state index in [1.54, 1.807) is 18.2 Å². The minimum absolute atomic E-state index is 0.0907. The van der Waals surface area contributed by atoms with Crippen molar-refractivity contribution in [1.82, 2.24) is 19.3 Å². The average Bonchev–Trinajstić information content (AvgIpc) is 3.30. The summed E-state index contributed by atoms with van der Waals surface area (Å²) >= 11 is 0. The molecular formula is C25H24N4O4S. The number of carbonyl (C=O) groups is 1. The number of sulfonamides is 1. The molecule has 1 aromatic heterocycles. The van der Waals surface area contributed by atoms with Crippen molar-refractivity contribution in [2.24, 2.45) is 0 Å². The minimum Gasteiger partial charge on any atom is -0.421 e. The Balaban J connectivity index is 1.45. The Hall–Kier alpha value is -3.56. The summed E-state index contributed by atoms with van der Waals surface area (Å²) in [6, 6.07) is 18.8. The van der Waals surface area contributed by atoms with E-state index in [0.717, 1.165) is 35.9 Å². The summed E-state index contributed by atoms with van der Waals surface area (Å²) in [6.45, 7) is 2.91. The van der Waals surface area contributed by atoms with E-state index >= 15 is 0 Å². The summed E-state index contributed by atoms with van der Waals surface area (Å²) < 4.78 is 33.3. The van der Waals surface area contributed by atoms with Crippen molar-refractivity contribution in [2.75, 3.05) is 13.1 Å². The molecule has 5 rings (SSSR count). The molecule has 0 N–H and O–H groups in total. The van der Waals surface area contributed by atoms with Crippen molar-refractivity contribution >= 4 is 27.0 Å². The fourth-order valence-electron chi connectivity index (χ4n) is 4.03. The summed E-state index contributed by atoms with van der Waals surface area (Å²) in [5.41, 5.74) is 3.06. The highest BCUT2D eigenvalue weighted by atomic mass is 32.2. The van der Waals surface area contributed by atoms with Gasteiger partial charge in [0.25, 0.3) is 0 Å². The monoisotopic (exact) mass is 476 g/mol. The van der Waals surface area contributed by atoms with E-state index in [1.807, 2.05) is 43.3 Å². The van der Waals surface area contributed by atoms with Gasteiger partial charge in [0.05, 0.1) is 10.5 Å². The Labute approximate surface area is 197 Å². The molecule has 0 spiro atoms. The van der Waals surface area contributed by atoms with Crippen LogP contribution >= 0.6 is 0 Å². The minimum atomic E-state index is -3.66. The van der Waals surface area contributed by atoms with Gasteiger partial charge in [-0.25, -0.2) is 13.2 Å². The van der Waals surface area contributed by atoms with Gasteiger partial charge in [0, 0.05) is 13.1 Å². The Morgan fingerprint density at radius 1 is 0.882 bits per heavy atom. The molecule has 1 aliphatic heterocycles. The van der Waals surface area contributed by atoms with Gasteiger partial charge in [0.1, 0.15) is 16.7 Å². The molecule has 0 amide bonds. The van der Waals surface area contributed by atoms with E-state index in [2.05, 4.69) is 10.2 Å². The first kappa shape index (κ1) is 22.2. The zero-order valence-electron chi connectivity index (χ0n) is 18.7. The summed E-state index contributed by atoms with van der Waals surface area (Å²) in [7, 11) is -3.66. The lowest BCUT2D eigenvalue weighted by Crippen LogP contribution is -2.35. The van der Waals surface area contributed by atoms with Crippen molar-refractivity contribution in [3.8, 4) is 11.4 Å². The Morgan fingerprint density at radius 2 is 1.59 bits per heavy atom. The standard InChI is InChI=1S/C25H24N4O4S/c1-18-12-13-24(23(16-18)29-26-21-10-3-4-11-22(21)27-29)33-25(30)19-8-7-9-20(17-19)34(31,32)28-14-5-2-6-15-28/h3-4,7-13,16-17H,2,5-6,14-15H2,1H3. The number of nitrogens with zero attached hydrogens (tertiary/aromatic N) is 4. The number of aromatic nitrogens is 3. The molecule has 1 fully saturated rings. The Kier molecular flexibility index (Phi) is 5.89. The number of esters is 1. The molecule has 0 radical (unpaired) electrons. The number of fused-ring (bicyclic) bond motifs is 1. The number of hydrogen-bond acceptors (Lipinski definition) is 6. The van der Waals surface area contributed by atoms with Gasteiger partial charge in [-0.15, -0.1) is 15.0 Å². The maximum absolute atomic E-state index is 13.0. The maximum atomic E-state index is 13.0. The van der Waals surface area contributed by atoms with Crippen molar-refractivity contribution < 1.29 is 17.9 Å². The highest BCUT2D eigenvalue weighted by molar-refractivity contribution is 7.89. The van der Waals surface area contributed by atoms with Crippen molar-refractivity contribution in [3.63, 3.8) is 0 Å². The topological polar surface area (TPSA) is 94.4 Å². The SMILES string of the molecule is Cc1ccc(OC(=O)c2cccc(S(=O)(=O)N3CCCCC3)c2)c(-n2nc3ccccc3n2)c1. The third-order valence-corrected chi connectivity index (χ3v) is 7.74. The second kappa shape index (κ2) is 9.00. The lowest BCUT2D eigenvalue weighted by atomic mass is 10.2. The fraction of sp³-hybridized carbons (Fsp3) is 0.240. The third kappa shape index (κ3) is 4.32. The number of hydrogen-bond donors (Lipinski definition) is 0. The van der Waals surface area contributed by atoms with Crippen LogP contribution in [0.15, 0.2) is 71.6 Å². The molecule has 0 unspecified atom stereocenters. The summed E-state index contributed by atoms with van der Waals surface area (Å²) in [4.78, 5) is 14.6. The fourth-order valence-corrected chi connectivity index (χ4v) is 5.60. The molecular weight excluding hydrogens is 452 g/mol. The maximum Gasteiger partial charge on any atom is 0.343 e. The molecule has 8 nitrogen and oxygen atoms in total. The summed E-state index contributed by atoms with van der Waals surface area (Å²) in [6.07, 6.45) is 2.71. The smallest absolute Gasteiger partial charge is 0.343 e. The molecule has 1 aliphatic rings. The second-order valence-electron chi connectivity index (χ2n) is 8.33. The van der Waals surface area contributed by atoms with Gasteiger partial charge in [-0.3, -0.25) is 0 Å². The van der Waals surface area contributed by atoms with Crippen LogP contribution in [0.25, 0.3) is 16.7 Å². The van der Waals surface area contributed by atoms with E-state index in [-0.39, 0.29) is 16.2 Å². The van der Waals surface area contributed by atoms with Crippen LogP contribution in [0.3, 0.4) is 0 Å². The first-order chi connectivity index (χ1) is 16.4. The van der Waals surface area contributed by atoms with Gasteiger partial charge in [-0.05, 0) is 67.8 Å². The van der Waals surface area contributed by atoms with Gasteiger partial charge in [-0.1, -0.05) is 30.7 Å². The number of benzene rings is 3. The predicted molar refractivity (Wildman–Crippen MR) is 128 cm³/mol. The molecule has 4 aromatic rings. The number of rotatable bonds is 5. The van der Waals surface area contributed by atoms with Crippen LogP contribution in [-0.4, -0.2) is 46.8 Å². The first-order valence-corrected chi connectivity index (χ1v) is 12.6. The van der Waals surface area contributed by atoms with Crippen LogP contribution in [0, 0.1) is 6.92 Å². The summed E-state index contributed by atoms with van der Waals surface area (Å²) in [5, 5.41) is 8.98. The third-order valence-electron chi connectivity index (χ3n) is 5.84. The first-order valence-electron chi connectivity index (χ1n) is 11.2. The molecule has 0 bridgehead atoms. The van der Waals surface area contributed by atoms with Crippen LogP contribution in [0.5, 0.6) is 5.75 Å². The van der Waals surface area contributed by atoms with Crippen LogP contribution < -0.4 is 4.74 Å². The number of ether oxygens (including phenoxy) is 1. The molecule has 3 aromatic carbocycles. The van der Waals surface area contributed by atoms with E-state index in [0.29, 0.717) is 18.8 Å². The van der Waals surface area contributed by atoms with Crippen LogP contribution in [0.4, 0.5) is 0 Å². The lowest BCUT2D eigenvalue weighted by molar-refractivity contribution is 0.0734. The summed E-state index contributed by atoms with van der Waals surface area (Å²) in [5.74, 6) is -0.377. The highest BCUT2D eigenvalue weighted by Crippen LogP contribution is 2.26. The Morgan fingerprint density at radius 3 is 2.29 bits per heavy atom. The quantitative estimate of drug-likeness (QED) is 0.318. The highest BCUT2D eigenvalue weighted by Gasteiger charge is 2.27. The van der Waals surface area contributed by atoms with Crippen molar-refractivity contribution in [3.05, 3.63) is 77.9 Å². The number of carbonyl (C=O) groups excluding carboxylic acids is 1. The molecule has 9 heteroatoms. The zero-order valence-corrected chi connectivity index (χ0v) is 19.5. The van der Waals surface area contributed by atoms with Crippen molar-refractivity contribution in [1.29, 1.82) is 0 Å².